The molecule has 2 fully saturated rings. The van der Waals surface area contributed by atoms with E-state index in [2.05, 4.69) is 24.1 Å². The molecule has 1 saturated carbocycles. The van der Waals surface area contributed by atoms with E-state index in [4.69, 9.17) is 0 Å². The fourth-order valence-electron chi connectivity index (χ4n) is 4.37. The van der Waals surface area contributed by atoms with Crippen LogP contribution in [0, 0.1) is 19.8 Å². The molecule has 1 aliphatic heterocycles. The summed E-state index contributed by atoms with van der Waals surface area (Å²) in [6, 6.07) is 4.41. The molecule has 0 spiro atoms. The third-order valence-corrected chi connectivity index (χ3v) is 5.27. The highest BCUT2D eigenvalue weighted by Gasteiger charge is 2.33. The maximum absolute atomic E-state index is 9.85. The van der Waals surface area contributed by atoms with Crippen LogP contribution >= 0.6 is 24.8 Å². The summed E-state index contributed by atoms with van der Waals surface area (Å²) >= 11 is 0. The fraction of sp³-hybridized carbons (Fsp3) is 0.667. The van der Waals surface area contributed by atoms with Gasteiger partial charge in [-0.1, -0.05) is 12.8 Å². The van der Waals surface area contributed by atoms with Crippen LogP contribution in [0.3, 0.4) is 0 Å². The number of nitrogens with zero attached hydrogens (tertiary/aromatic N) is 1. The molecule has 1 atom stereocenters. The Bertz CT molecular complexity index is 475. The third-order valence-electron chi connectivity index (χ3n) is 5.27. The molecule has 1 heterocycles. The maximum atomic E-state index is 9.85. The highest BCUT2D eigenvalue weighted by Crippen LogP contribution is 2.42. The lowest BCUT2D eigenvalue weighted by Gasteiger charge is -2.40. The number of phenolic OH excluding ortho intramolecular Hbond substituents is 1. The lowest BCUT2D eigenvalue weighted by molar-refractivity contribution is 0.124. The zero-order valence-electron chi connectivity index (χ0n) is 14.2. The van der Waals surface area contributed by atoms with Gasteiger partial charge in [0, 0.05) is 32.2 Å². The van der Waals surface area contributed by atoms with Crippen LogP contribution in [0.15, 0.2) is 12.1 Å². The molecule has 1 aliphatic carbocycles. The van der Waals surface area contributed by atoms with Crippen LogP contribution in [0.2, 0.25) is 0 Å². The van der Waals surface area contributed by atoms with Crippen molar-refractivity contribution in [3.63, 3.8) is 0 Å². The summed E-state index contributed by atoms with van der Waals surface area (Å²) in [6.07, 6.45) is 5.47. The number of benzene rings is 1. The molecule has 2 N–H and O–H groups in total. The van der Waals surface area contributed by atoms with Gasteiger partial charge in [0.2, 0.25) is 0 Å². The van der Waals surface area contributed by atoms with Gasteiger partial charge in [-0.2, -0.15) is 0 Å². The van der Waals surface area contributed by atoms with Crippen molar-refractivity contribution in [2.75, 3.05) is 26.2 Å². The normalized spacial score (nSPS) is 20.6. The van der Waals surface area contributed by atoms with Crippen LogP contribution in [0.25, 0.3) is 0 Å². The number of nitrogens with one attached hydrogen (secondary N) is 1. The highest BCUT2D eigenvalue weighted by molar-refractivity contribution is 5.85. The molecule has 132 valence electrons. The van der Waals surface area contributed by atoms with E-state index in [0.717, 1.165) is 32.1 Å². The topological polar surface area (TPSA) is 35.5 Å². The first-order chi connectivity index (χ1) is 10.2. The molecular formula is C18H30Cl2N2O. The molecule has 3 nitrogen and oxygen atoms in total. The second-order valence-electron chi connectivity index (χ2n) is 6.77. The molecular weight excluding hydrogens is 331 g/mol. The molecule has 23 heavy (non-hydrogen) atoms. The highest BCUT2D eigenvalue weighted by atomic mass is 35.5. The Balaban J connectivity index is 0.00000132. The van der Waals surface area contributed by atoms with Gasteiger partial charge in [-0.05, 0) is 61.4 Å². The van der Waals surface area contributed by atoms with Crippen LogP contribution in [0.4, 0.5) is 0 Å². The monoisotopic (exact) mass is 360 g/mol. The van der Waals surface area contributed by atoms with Gasteiger partial charge in [-0.25, -0.2) is 0 Å². The average molecular weight is 361 g/mol. The minimum Gasteiger partial charge on any atom is -0.508 e. The molecule has 0 radical (unpaired) electrons. The molecule has 5 heteroatoms. The maximum Gasteiger partial charge on any atom is 0.116 e. The Hall–Kier alpha value is -0.480. The van der Waals surface area contributed by atoms with Crippen LogP contribution in [0.1, 0.15) is 48.4 Å². The summed E-state index contributed by atoms with van der Waals surface area (Å²) in [7, 11) is 0. The molecule has 1 aromatic carbocycles. The summed E-state index contributed by atoms with van der Waals surface area (Å²) in [4.78, 5) is 2.68. The van der Waals surface area contributed by atoms with Gasteiger partial charge in [0.25, 0.3) is 0 Å². The van der Waals surface area contributed by atoms with Crippen molar-refractivity contribution < 1.29 is 5.11 Å². The van der Waals surface area contributed by atoms with E-state index in [1.165, 1.54) is 42.4 Å². The summed E-state index contributed by atoms with van der Waals surface area (Å²) in [6.45, 7) is 8.79. The van der Waals surface area contributed by atoms with Crippen LogP contribution in [-0.4, -0.2) is 36.2 Å². The van der Waals surface area contributed by atoms with Crippen molar-refractivity contribution in [3.8, 4) is 5.75 Å². The molecule has 3 rings (SSSR count). The van der Waals surface area contributed by atoms with Gasteiger partial charge in [-0.15, -0.1) is 24.8 Å². The predicted octanol–water partition coefficient (Wildman–Crippen LogP) is 3.99. The number of piperazine rings is 1. The van der Waals surface area contributed by atoms with Crippen LogP contribution in [0.5, 0.6) is 5.75 Å². The first-order valence-corrected chi connectivity index (χ1v) is 8.41. The first kappa shape index (κ1) is 20.6. The van der Waals surface area contributed by atoms with Crippen molar-refractivity contribution >= 4 is 24.8 Å². The van der Waals surface area contributed by atoms with Gasteiger partial charge in [0.1, 0.15) is 5.75 Å². The standard InChI is InChI=1S/C18H28N2O.2ClH/c1-13-11-16(21)12-14(2)17(13)18(15-5-3-4-6-15)20-9-7-19-8-10-20;;/h11-12,15,18-19,21H,3-10H2,1-2H3;2*1H/t18-;;/m1../s1. The number of hydrogen-bond acceptors (Lipinski definition) is 3. The molecule has 0 aromatic heterocycles. The van der Waals surface area contributed by atoms with Crippen molar-refractivity contribution in [2.45, 2.75) is 45.6 Å². The van der Waals surface area contributed by atoms with Crippen molar-refractivity contribution in [3.05, 3.63) is 28.8 Å². The van der Waals surface area contributed by atoms with E-state index in [9.17, 15) is 5.11 Å². The van der Waals surface area contributed by atoms with Crippen LogP contribution < -0.4 is 5.32 Å². The van der Waals surface area contributed by atoms with E-state index in [-0.39, 0.29) is 24.8 Å². The largest absolute Gasteiger partial charge is 0.508 e. The van der Waals surface area contributed by atoms with Gasteiger partial charge in [-0.3, -0.25) is 4.90 Å². The van der Waals surface area contributed by atoms with Gasteiger partial charge < -0.3 is 10.4 Å². The number of aromatic hydroxyl groups is 1. The smallest absolute Gasteiger partial charge is 0.116 e. The number of aryl methyl sites for hydroxylation is 2. The zero-order valence-corrected chi connectivity index (χ0v) is 15.8. The number of rotatable bonds is 3. The van der Waals surface area contributed by atoms with E-state index in [1.54, 1.807) is 0 Å². The lowest BCUT2D eigenvalue weighted by Crippen LogP contribution is -2.47. The second-order valence-corrected chi connectivity index (χ2v) is 6.77. The Morgan fingerprint density at radius 1 is 1.04 bits per heavy atom. The minimum atomic E-state index is 0. The minimum absolute atomic E-state index is 0. The summed E-state index contributed by atoms with van der Waals surface area (Å²) in [5.41, 5.74) is 3.98. The third kappa shape index (κ3) is 4.54. The summed E-state index contributed by atoms with van der Waals surface area (Å²) < 4.78 is 0. The second kappa shape index (κ2) is 9.12. The molecule has 2 aliphatic rings. The van der Waals surface area contributed by atoms with E-state index < -0.39 is 0 Å². The molecule has 0 amide bonds. The fourth-order valence-corrected chi connectivity index (χ4v) is 4.37. The van der Waals surface area contributed by atoms with E-state index >= 15 is 0 Å². The van der Waals surface area contributed by atoms with Gasteiger partial charge in [0.05, 0.1) is 0 Å². The molecule has 1 aromatic rings. The van der Waals surface area contributed by atoms with Gasteiger partial charge in [0.15, 0.2) is 0 Å². The van der Waals surface area contributed by atoms with E-state index in [1.807, 2.05) is 12.1 Å². The number of hydrogen-bond donors (Lipinski definition) is 2. The Morgan fingerprint density at radius 2 is 1.57 bits per heavy atom. The van der Waals surface area contributed by atoms with Crippen molar-refractivity contribution in [1.82, 2.24) is 10.2 Å². The zero-order chi connectivity index (χ0) is 14.8. The number of halogens is 2. The molecule has 0 bridgehead atoms. The lowest BCUT2D eigenvalue weighted by atomic mass is 9.85. The quantitative estimate of drug-likeness (QED) is 0.855. The summed E-state index contributed by atoms with van der Waals surface area (Å²) in [5.74, 6) is 1.18. The Kier molecular flexibility index (Phi) is 8.15. The Labute approximate surface area is 152 Å². The predicted molar refractivity (Wildman–Crippen MR) is 101 cm³/mol. The van der Waals surface area contributed by atoms with Crippen molar-refractivity contribution in [2.24, 2.45) is 5.92 Å². The van der Waals surface area contributed by atoms with E-state index in [0.29, 0.717) is 11.8 Å². The van der Waals surface area contributed by atoms with Gasteiger partial charge >= 0.3 is 0 Å². The molecule has 0 unspecified atom stereocenters. The average Bonchev–Trinajstić information content (AvgIpc) is 2.97. The Morgan fingerprint density at radius 3 is 2.09 bits per heavy atom. The SMILES string of the molecule is Cc1cc(O)cc(C)c1[C@@H](C1CCCC1)N1CCNCC1.Cl.Cl. The van der Waals surface area contributed by atoms with Crippen LogP contribution in [-0.2, 0) is 0 Å². The number of phenols is 1. The first-order valence-electron chi connectivity index (χ1n) is 8.41. The van der Waals surface area contributed by atoms with Crippen molar-refractivity contribution in [1.29, 1.82) is 0 Å². The molecule has 1 saturated heterocycles. The summed E-state index contributed by atoms with van der Waals surface area (Å²) in [5, 5.41) is 13.3.